The molecule has 45 heavy (non-hydrogen) atoms. The zero-order valence-electron chi connectivity index (χ0n) is 23.8. The van der Waals surface area contributed by atoms with E-state index >= 15 is 0 Å². The van der Waals surface area contributed by atoms with Gasteiger partial charge in [0.05, 0.1) is 22.8 Å². The number of fused-ring (bicyclic) bond motifs is 1. The Balaban J connectivity index is 1.20. The van der Waals surface area contributed by atoms with Crippen LogP contribution in [0.5, 0.6) is 11.5 Å². The van der Waals surface area contributed by atoms with E-state index in [9.17, 15) is 17.6 Å². The molecule has 1 aromatic heterocycles. The maximum absolute atomic E-state index is 13.4. The highest BCUT2D eigenvalue weighted by atomic mass is 35.5. The summed E-state index contributed by atoms with van der Waals surface area (Å²) in [7, 11) is -3.99. The molecule has 6 rings (SSSR count). The highest BCUT2D eigenvalue weighted by molar-refractivity contribution is 7.89. The Labute approximate surface area is 269 Å². The van der Waals surface area contributed by atoms with Crippen molar-refractivity contribution in [2.24, 2.45) is 0 Å². The summed E-state index contributed by atoms with van der Waals surface area (Å²) < 4.78 is 52.1. The fourth-order valence-electron chi connectivity index (χ4n) is 5.23. The Kier molecular flexibility index (Phi) is 9.09. The molecule has 3 aromatic carbocycles. The maximum atomic E-state index is 13.4. The van der Waals surface area contributed by atoms with Crippen molar-refractivity contribution in [3.63, 3.8) is 0 Å². The number of rotatable bonds is 10. The van der Waals surface area contributed by atoms with Gasteiger partial charge < -0.3 is 20.1 Å². The molecule has 4 aromatic rings. The lowest BCUT2D eigenvalue weighted by Crippen LogP contribution is -2.45. The Morgan fingerprint density at radius 1 is 1.00 bits per heavy atom. The average Bonchev–Trinajstić information content (AvgIpc) is 3.71. The van der Waals surface area contributed by atoms with Crippen LogP contribution >= 0.6 is 23.2 Å². The van der Waals surface area contributed by atoms with Crippen molar-refractivity contribution in [3.05, 3.63) is 93.8 Å². The number of anilines is 1. The summed E-state index contributed by atoms with van der Waals surface area (Å²) in [5, 5.41) is 7.19. The van der Waals surface area contributed by atoms with E-state index < -0.39 is 27.8 Å². The molecule has 234 valence electrons. The Morgan fingerprint density at radius 3 is 2.60 bits per heavy atom. The number of benzene rings is 3. The normalized spacial score (nSPS) is 16.1. The summed E-state index contributed by atoms with van der Waals surface area (Å²) in [6.07, 6.45) is 1.46. The maximum Gasteiger partial charge on any atom is 0.243 e. The highest BCUT2D eigenvalue weighted by Crippen LogP contribution is 2.36. The van der Waals surface area contributed by atoms with Crippen LogP contribution in [0.4, 0.5) is 10.3 Å². The van der Waals surface area contributed by atoms with Crippen LogP contribution in [-0.4, -0.2) is 54.5 Å². The predicted molar refractivity (Wildman–Crippen MR) is 167 cm³/mol. The van der Waals surface area contributed by atoms with Crippen LogP contribution in [0.3, 0.4) is 0 Å². The van der Waals surface area contributed by atoms with Gasteiger partial charge in [0.15, 0.2) is 11.5 Å². The van der Waals surface area contributed by atoms with E-state index in [1.54, 1.807) is 24.3 Å². The third-order valence-electron chi connectivity index (χ3n) is 7.51. The van der Waals surface area contributed by atoms with E-state index in [0.29, 0.717) is 64.7 Å². The minimum Gasteiger partial charge on any atom is -0.454 e. The monoisotopic (exact) mass is 671 g/mol. The number of carbonyl (C=O) groups is 1. The van der Waals surface area contributed by atoms with Crippen LogP contribution in [0.1, 0.15) is 24.1 Å². The van der Waals surface area contributed by atoms with Gasteiger partial charge in [0.25, 0.3) is 0 Å². The van der Waals surface area contributed by atoms with Gasteiger partial charge in [-0.2, -0.15) is 4.31 Å². The molecule has 1 saturated heterocycles. The van der Waals surface area contributed by atoms with Gasteiger partial charge >= 0.3 is 0 Å². The van der Waals surface area contributed by atoms with E-state index in [1.807, 2.05) is 18.2 Å². The topological polar surface area (TPSA) is 123 Å². The number of nitrogens with one attached hydrogen (secondary N) is 2. The van der Waals surface area contributed by atoms with E-state index in [4.69, 9.17) is 32.7 Å². The Morgan fingerprint density at radius 2 is 1.80 bits per heavy atom. The number of carbonyl (C=O) groups excluding carboxylic acids is 1. The van der Waals surface area contributed by atoms with E-state index in [0.717, 1.165) is 23.3 Å². The second kappa shape index (κ2) is 13.2. The van der Waals surface area contributed by atoms with Gasteiger partial charge in [0, 0.05) is 28.7 Å². The fraction of sp³-hybridized carbons (Fsp3) is 0.258. The minimum atomic E-state index is -3.99. The fourth-order valence-corrected chi connectivity index (χ4v) is 7.39. The van der Waals surface area contributed by atoms with Crippen LogP contribution in [0, 0.1) is 5.82 Å². The number of hydrogen-bond acceptors (Lipinski definition) is 8. The van der Waals surface area contributed by atoms with Gasteiger partial charge in [-0.05, 0) is 85.5 Å². The molecule has 1 atom stereocenters. The summed E-state index contributed by atoms with van der Waals surface area (Å²) in [6.45, 7) is 0.813. The number of halogens is 3. The van der Waals surface area contributed by atoms with Crippen LogP contribution < -0.4 is 20.1 Å². The van der Waals surface area contributed by atoms with Gasteiger partial charge in [-0.25, -0.2) is 22.8 Å². The number of aromatic nitrogens is 2. The number of nitrogens with zero attached hydrogens (tertiary/aromatic N) is 3. The first-order valence-electron chi connectivity index (χ1n) is 14.2. The molecule has 0 radical (unpaired) electrons. The zero-order chi connectivity index (χ0) is 31.6. The van der Waals surface area contributed by atoms with Crippen LogP contribution in [0.15, 0.2) is 71.6 Å². The van der Waals surface area contributed by atoms with Crippen molar-refractivity contribution in [3.8, 4) is 22.8 Å². The quantitative estimate of drug-likeness (QED) is 0.229. The molecular formula is C31H28Cl2FN5O5S. The molecule has 10 nitrogen and oxygen atoms in total. The summed E-state index contributed by atoms with van der Waals surface area (Å²) in [5.41, 5.74) is 2.75. The molecule has 1 fully saturated rings. The molecule has 0 saturated carbocycles. The second-order valence-corrected chi connectivity index (χ2v) is 13.2. The van der Waals surface area contributed by atoms with E-state index in [2.05, 4.69) is 20.6 Å². The summed E-state index contributed by atoms with van der Waals surface area (Å²) in [5.74, 6) is 0.568. The first kappa shape index (κ1) is 31.0. The first-order valence-corrected chi connectivity index (χ1v) is 16.4. The van der Waals surface area contributed by atoms with Gasteiger partial charge in [-0.3, -0.25) is 4.79 Å². The molecule has 0 aliphatic carbocycles. The SMILES string of the molecule is O=C(NCc1cc(-c2ccc3c(c2)OCO3)nc(NCCc2ccc(Cl)cc2Cl)n1)C1CCCN1S(=O)(=O)c1ccc(F)cc1. The van der Waals surface area contributed by atoms with Gasteiger partial charge in [0.1, 0.15) is 11.9 Å². The van der Waals surface area contributed by atoms with Gasteiger partial charge in [-0.15, -0.1) is 0 Å². The van der Waals surface area contributed by atoms with Crippen LogP contribution in [-0.2, 0) is 27.8 Å². The average molecular weight is 673 g/mol. The minimum absolute atomic E-state index is 0.0253. The predicted octanol–water partition coefficient (Wildman–Crippen LogP) is 5.44. The number of ether oxygens (including phenoxy) is 2. The molecule has 2 aliphatic rings. The third-order valence-corrected chi connectivity index (χ3v) is 10.0. The smallest absolute Gasteiger partial charge is 0.243 e. The van der Waals surface area contributed by atoms with Crippen molar-refractivity contribution in [1.82, 2.24) is 19.6 Å². The van der Waals surface area contributed by atoms with Crippen molar-refractivity contribution < 1.29 is 27.1 Å². The van der Waals surface area contributed by atoms with Crippen LogP contribution in [0.2, 0.25) is 10.0 Å². The zero-order valence-corrected chi connectivity index (χ0v) is 26.1. The molecular weight excluding hydrogens is 644 g/mol. The standard InChI is InChI=1S/C31H28Cl2FN5O5S/c32-21-5-3-19(25(33)15-21)11-12-35-31-37-23(16-26(38-31)20-4-10-28-29(14-20)44-18-43-28)17-36-30(40)27-2-1-13-39(27)45(41,42)24-8-6-22(34)7-9-24/h3-10,14-16,27H,1-2,11-13,17-18H2,(H,36,40)(H,35,37,38). The number of hydrogen-bond donors (Lipinski definition) is 2. The van der Waals surface area contributed by atoms with Gasteiger partial charge in [0.2, 0.25) is 28.7 Å². The molecule has 2 aliphatic heterocycles. The van der Waals surface area contributed by atoms with Gasteiger partial charge in [-0.1, -0.05) is 29.3 Å². The lowest BCUT2D eigenvalue weighted by molar-refractivity contribution is -0.124. The second-order valence-electron chi connectivity index (χ2n) is 10.5. The largest absolute Gasteiger partial charge is 0.454 e. The van der Waals surface area contributed by atoms with Crippen molar-refractivity contribution >= 4 is 45.1 Å². The third kappa shape index (κ3) is 6.99. The van der Waals surface area contributed by atoms with Crippen molar-refractivity contribution in [1.29, 1.82) is 0 Å². The highest BCUT2D eigenvalue weighted by Gasteiger charge is 2.39. The van der Waals surface area contributed by atoms with E-state index in [-0.39, 0.29) is 24.8 Å². The molecule has 0 spiro atoms. The molecule has 1 unspecified atom stereocenters. The summed E-state index contributed by atoms with van der Waals surface area (Å²) in [6, 6.07) is 16.2. The van der Waals surface area contributed by atoms with Crippen molar-refractivity contribution in [2.45, 2.75) is 36.7 Å². The number of amides is 1. The van der Waals surface area contributed by atoms with E-state index in [1.165, 1.54) is 16.4 Å². The number of sulfonamides is 1. The summed E-state index contributed by atoms with van der Waals surface area (Å²) >= 11 is 12.4. The lowest BCUT2D eigenvalue weighted by Gasteiger charge is -2.23. The lowest BCUT2D eigenvalue weighted by atomic mass is 10.1. The summed E-state index contributed by atoms with van der Waals surface area (Å²) in [4.78, 5) is 22.6. The van der Waals surface area contributed by atoms with Crippen molar-refractivity contribution in [2.75, 3.05) is 25.2 Å². The molecule has 1 amide bonds. The Bertz CT molecular complexity index is 1850. The molecule has 3 heterocycles. The Hall–Kier alpha value is -3.97. The first-order chi connectivity index (χ1) is 21.7. The molecule has 0 bridgehead atoms. The molecule has 2 N–H and O–H groups in total. The molecule has 14 heteroatoms. The van der Waals surface area contributed by atoms with Crippen LogP contribution in [0.25, 0.3) is 11.3 Å².